The molecule has 2 aliphatic rings. The molecule has 4 rings (SSSR count). The van der Waals surface area contributed by atoms with Gasteiger partial charge in [-0.3, -0.25) is 4.79 Å². The van der Waals surface area contributed by atoms with Gasteiger partial charge in [-0.15, -0.1) is 0 Å². The summed E-state index contributed by atoms with van der Waals surface area (Å²) in [6, 6.07) is 11.0. The maximum atomic E-state index is 12.5. The molecular formula is C20H18F2N2O4. The fourth-order valence-electron chi connectivity index (χ4n) is 3.62. The average Bonchev–Trinajstić information content (AvgIpc) is 3.17. The highest BCUT2D eigenvalue weighted by atomic mass is 19.3. The van der Waals surface area contributed by atoms with Crippen molar-refractivity contribution in [2.24, 2.45) is 0 Å². The Morgan fingerprint density at radius 3 is 2.89 bits per heavy atom. The minimum Gasteiger partial charge on any atom is -0.457 e. The molecule has 8 heteroatoms. The van der Waals surface area contributed by atoms with Crippen molar-refractivity contribution >= 4 is 23.3 Å². The van der Waals surface area contributed by atoms with E-state index in [1.807, 2.05) is 4.90 Å². The number of carbonyl (C=O) groups excluding carboxylic acids is 2. The molecule has 6 nitrogen and oxygen atoms in total. The molecule has 2 heterocycles. The molecule has 1 fully saturated rings. The third-order valence-corrected chi connectivity index (χ3v) is 4.90. The van der Waals surface area contributed by atoms with Gasteiger partial charge in [-0.25, -0.2) is 4.79 Å². The molecule has 0 saturated carbocycles. The Morgan fingerprint density at radius 1 is 1.25 bits per heavy atom. The number of hydrogen-bond donors (Lipinski definition) is 1. The molecule has 0 spiro atoms. The molecular weight excluding hydrogens is 370 g/mol. The summed E-state index contributed by atoms with van der Waals surface area (Å²) in [5.74, 6) is -0.732. The van der Waals surface area contributed by atoms with Gasteiger partial charge in [-0.05, 0) is 37.1 Å². The molecule has 0 aromatic heterocycles. The summed E-state index contributed by atoms with van der Waals surface area (Å²) >= 11 is 0. The van der Waals surface area contributed by atoms with Gasteiger partial charge in [-0.2, -0.15) is 8.78 Å². The van der Waals surface area contributed by atoms with E-state index in [1.54, 1.807) is 36.4 Å². The van der Waals surface area contributed by atoms with E-state index in [0.29, 0.717) is 11.3 Å². The number of anilines is 2. The van der Waals surface area contributed by atoms with Crippen LogP contribution in [-0.4, -0.2) is 31.1 Å². The first-order chi connectivity index (χ1) is 13.5. The van der Waals surface area contributed by atoms with E-state index in [4.69, 9.17) is 4.74 Å². The van der Waals surface area contributed by atoms with Gasteiger partial charge in [0.1, 0.15) is 18.4 Å². The highest BCUT2D eigenvalue weighted by Gasteiger charge is 2.36. The minimum atomic E-state index is -2.96. The highest BCUT2D eigenvalue weighted by molar-refractivity contribution is 6.05. The Labute approximate surface area is 160 Å². The van der Waals surface area contributed by atoms with E-state index in [-0.39, 0.29) is 29.9 Å². The molecule has 0 bridgehead atoms. The van der Waals surface area contributed by atoms with Crippen LogP contribution in [0.1, 0.15) is 28.8 Å². The van der Waals surface area contributed by atoms with Crippen molar-refractivity contribution in [2.45, 2.75) is 32.1 Å². The lowest BCUT2D eigenvalue weighted by molar-refractivity contribution is -0.117. The third kappa shape index (κ3) is 3.49. The molecule has 2 aromatic rings. The topological polar surface area (TPSA) is 67.9 Å². The van der Waals surface area contributed by atoms with Crippen molar-refractivity contribution in [3.63, 3.8) is 0 Å². The number of rotatable bonds is 5. The van der Waals surface area contributed by atoms with Crippen LogP contribution in [-0.2, 0) is 16.1 Å². The molecule has 0 radical (unpaired) electrons. The van der Waals surface area contributed by atoms with Crippen LogP contribution in [0.2, 0.25) is 0 Å². The quantitative estimate of drug-likeness (QED) is 0.794. The largest absolute Gasteiger partial charge is 0.457 e. The fourth-order valence-corrected chi connectivity index (χ4v) is 3.62. The van der Waals surface area contributed by atoms with Gasteiger partial charge in [0.05, 0.1) is 16.9 Å². The van der Waals surface area contributed by atoms with Crippen LogP contribution < -0.4 is 15.0 Å². The first kappa shape index (κ1) is 18.2. The van der Waals surface area contributed by atoms with Gasteiger partial charge in [-0.1, -0.05) is 18.2 Å². The van der Waals surface area contributed by atoms with Crippen LogP contribution in [0.4, 0.5) is 20.2 Å². The molecule has 1 saturated heterocycles. The lowest BCUT2D eigenvalue weighted by Crippen LogP contribution is -2.43. The lowest BCUT2D eigenvalue weighted by Gasteiger charge is -2.33. The average molecular weight is 388 g/mol. The van der Waals surface area contributed by atoms with Crippen LogP contribution in [0, 0.1) is 0 Å². The second-order valence-electron chi connectivity index (χ2n) is 6.63. The van der Waals surface area contributed by atoms with E-state index < -0.39 is 12.6 Å². The minimum absolute atomic E-state index is 0.0388. The number of esters is 1. The summed E-state index contributed by atoms with van der Waals surface area (Å²) in [5, 5.41) is 2.84. The van der Waals surface area contributed by atoms with E-state index in [9.17, 15) is 18.4 Å². The summed E-state index contributed by atoms with van der Waals surface area (Å²) < 4.78 is 34.6. The van der Waals surface area contributed by atoms with Crippen LogP contribution in [0.3, 0.4) is 0 Å². The summed E-state index contributed by atoms with van der Waals surface area (Å²) in [5.41, 5.74) is 2.06. The number of amides is 1. The first-order valence-electron chi connectivity index (χ1n) is 8.94. The number of fused-ring (bicyclic) bond motifs is 3. The molecule has 1 atom stereocenters. The Balaban J connectivity index is 1.48. The monoisotopic (exact) mass is 388 g/mol. The third-order valence-electron chi connectivity index (χ3n) is 4.90. The summed E-state index contributed by atoms with van der Waals surface area (Å²) in [7, 11) is 0. The Morgan fingerprint density at radius 2 is 2.07 bits per heavy atom. The maximum Gasteiger partial charge on any atom is 0.387 e. The van der Waals surface area contributed by atoms with Crippen molar-refractivity contribution in [2.75, 3.05) is 16.8 Å². The van der Waals surface area contributed by atoms with E-state index in [0.717, 1.165) is 25.1 Å². The summed E-state index contributed by atoms with van der Waals surface area (Å²) in [6.45, 7) is -2.37. The van der Waals surface area contributed by atoms with Gasteiger partial charge in [0.25, 0.3) is 0 Å². The molecule has 1 amide bonds. The zero-order valence-corrected chi connectivity index (χ0v) is 14.9. The predicted molar refractivity (Wildman–Crippen MR) is 97.6 cm³/mol. The number of nitrogens with one attached hydrogen (secondary N) is 1. The molecule has 1 unspecified atom stereocenters. The van der Waals surface area contributed by atoms with Crippen molar-refractivity contribution in [1.82, 2.24) is 0 Å². The van der Waals surface area contributed by atoms with Crippen molar-refractivity contribution in [3.05, 3.63) is 53.6 Å². The van der Waals surface area contributed by atoms with Crippen molar-refractivity contribution < 1.29 is 27.8 Å². The number of hydrogen-bond acceptors (Lipinski definition) is 5. The first-order valence-corrected chi connectivity index (χ1v) is 8.94. The normalized spacial score (nSPS) is 17.8. The number of para-hydroxylation sites is 1. The molecule has 28 heavy (non-hydrogen) atoms. The number of carbonyl (C=O) groups is 2. The molecule has 1 N–H and O–H groups in total. The van der Waals surface area contributed by atoms with E-state index in [1.165, 1.54) is 6.07 Å². The summed E-state index contributed by atoms with van der Waals surface area (Å²) in [4.78, 5) is 26.7. The Bertz CT molecular complexity index is 919. The van der Waals surface area contributed by atoms with Crippen LogP contribution in [0.5, 0.6) is 5.75 Å². The van der Waals surface area contributed by atoms with Gasteiger partial charge < -0.3 is 19.7 Å². The second kappa shape index (κ2) is 7.46. The number of benzene rings is 2. The van der Waals surface area contributed by atoms with Gasteiger partial charge in [0, 0.05) is 12.1 Å². The van der Waals surface area contributed by atoms with Crippen LogP contribution >= 0.6 is 0 Å². The fraction of sp³-hybridized carbons (Fsp3) is 0.300. The molecule has 0 aliphatic carbocycles. The van der Waals surface area contributed by atoms with E-state index >= 15 is 0 Å². The number of nitrogens with zero attached hydrogens (tertiary/aromatic N) is 1. The second-order valence-corrected chi connectivity index (χ2v) is 6.63. The maximum absolute atomic E-state index is 12.5. The number of halogens is 2. The highest BCUT2D eigenvalue weighted by Crippen LogP contribution is 2.37. The predicted octanol–water partition coefficient (Wildman–Crippen LogP) is 3.57. The molecule has 2 aromatic carbocycles. The zero-order chi connectivity index (χ0) is 19.7. The van der Waals surface area contributed by atoms with Crippen LogP contribution in [0.25, 0.3) is 0 Å². The number of alkyl halides is 2. The number of ether oxygens (including phenoxy) is 2. The van der Waals surface area contributed by atoms with Gasteiger partial charge >= 0.3 is 12.6 Å². The van der Waals surface area contributed by atoms with Gasteiger partial charge in [0.15, 0.2) is 0 Å². The zero-order valence-electron chi connectivity index (χ0n) is 14.9. The Kier molecular flexibility index (Phi) is 4.85. The lowest BCUT2D eigenvalue weighted by atomic mass is 10.1. The smallest absolute Gasteiger partial charge is 0.387 e. The SMILES string of the molecule is O=C(OCc1ccccc1OC(F)F)c1ccc2c(c1)NC(=O)C1CCCN21. The van der Waals surface area contributed by atoms with Crippen molar-refractivity contribution in [3.8, 4) is 5.75 Å². The van der Waals surface area contributed by atoms with Gasteiger partial charge in [0.2, 0.25) is 5.91 Å². The van der Waals surface area contributed by atoms with Crippen LogP contribution in [0.15, 0.2) is 42.5 Å². The summed E-state index contributed by atoms with van der Waals surface area (Å²) in [6.07, 6.45) is 1.76. The molecule has 146 valence electrons. The van der Waals surface area contributed by atoms with Crippen molar-refractivity contribution in [1.29, 1.82) is 0 Å². The van der Waals surface area contributed by atoms with E-state index in [2.05, 4.69) is 10.1 Å². The standard InChI is InChI=1S/C20H18F2N2O4/c21-20(22)28-17-6-2-1-4-13(17)11-27-19(26)12-7-8-15-14(10-12)23-18(25)16-5-3-9-24(15)16/h1-2,4,6-8,10,16,20H,3,5,9,11H2,(H,23,25). The molecule has 2 aliphatic heterocycles. The Hall–Kier alpha value is -3.16.